The number of aliphatic hydroxyl groups is 1. The van der Waals surface area contributed by atoms with Gasteiger partial charge in [0.05, 0.1) is 28.0 Å². The van der Waals surface area contributed by atoms with Crippen molar-refractivity contribution in [2.45, 2.75) is 56.7 Å². The van der Waals surface area contributed by atoms with E-state index in [0.717, 1.165) is 12.8 Å². The molecule has 3 aromatic rings. The molecule has 2 heterocycles. The van der Waals surface area contributed by atoms with Gasteiger partial charge in [-0.25, -0.2) is 9.97 Å². The van der Waals surface area contributed by atoms with E-state index in [-0.39, 0.29) is 30.0 Å². The monoisotopic (exact) mass is 523 g/mol. The van der Waals surface area contributed by atoms with Gasteiger partial charge >= 0.3 is 0 Å². The number of carbonyl (C=O) groups is 1. The molecule has 2 saturated carbocycles. The zero-order chi connectivity index (χ0) is 24.0. The number of imidazole rings is 1. The van der Waals surface area contributed by atoms with E-state index in [1.165, 1.54) is 0 Å². The average Bonchev–Trinajstić information content (AvgIpc) is 3.12. The van der Waals surface area contributed by atoms with E-state index in [1.54, 1.807) is 18.3 Å². The number of hydrogen-bond acceptors (Lipinski definition) is 7. The van der Waals surface area contributed by atoms with E-state index in [0.29, 0.717) is 69.5 Å². The number of anilines is 3. The predicted molar refractivity (Wildman–Crippen MR) is 133 cm³/mol. The van der Waals surface area contributed by atoms with E-state index in [4.69, 9.17) is 50.5 Å². The molecule has 180 valence electrons. The minimum Gasteiger partial charge on any atom is -0.393 e. The van der Waals surface area contributed by atoms with E-state index >= 15 is 0 Å². The summed E-state index contributed by atoms with van der Waals surface area (Å²) in [6.45, 7) is 0. The van der Waals surface area contributed by atoms with Gasteiger partial charge in [0, 0.05) is 23.0 Å². The molecule has 2 aromatic heterocycles. The Labute approximate surface area is 211 Å². The maximum absolute atomic E-state index is 11.7. The van der Waals surface area contributed by atoms with Gasteiger partial charge in [-0.05, 0) is 50.7 Å². The van der Waals surface area contributed by atoms with Crippen LogP contribution in [0.15, 0.2) is 18.3 Å². The van der Waals surface area contributed by atoms with Crippen LogP contribution in [0.5, 0.6) is 0 Å². The highest BCUT2D eigenvalue weighted by atomic mass is 35.5. The lowest BCUT2D eigenvalue weighted by Crippen LogP contribution is -2.39. The summed E-state index contributed by atoms with van der Waals surface area (Å²) in [4.78, 5) is 25.6. The fraction of sp³-hybridized carbons (Fsp3) is 0.455. The molecule has 5 N–H and O–H groups in total. The van der Waals surface area contributed by atoms with Crippen LogP contribution in [0.3, 0.4) is 0 Å². The summed E-state index contributed by atoms with van der Waals surface area (Å²) in [6.07, 6.45) is 5.60. The molecule has 2 fully saturated rings. The van der Waals surface area contributed by atoms with Crippen molar-refractivity contribution >= 4 is 69.5 Å². The molecule has 0 radical (unpaired) electrons. The van der Waals surface area contributed by atoms with Gasteiger partial charge in [-0.1, -0.05) is 34.8 Å². The van der Waals surface area contributed by atoms with Gasteiger partial charge in [-0.2, -0.15) is 4.98 Å². The summed E-state index contributed by atoms with van der Waals surface area (Å²) in [7, 11) is 0. The van der Waals surface area contributed by atoms with E-state index in [9.17, 15) is 9.90 Å². The fourth-order valence-corrected chi connectivity index (χ4v) is 5.59. The second-order valence-electron chi connectivity index (χ2n) is 8.95. The number of primary amides is 1. The third kappa shape index (κ3) is 4.62. The number of aromatic nitrogens is 4. The normalized spacial score (nSPS) is 24.6. The number of nitrogens with one attached hydrogen (secondary N) is 2. The van der Waals surface area contributed by atoms with Crippen LogP contribution in [0, 0.1) is 5.92 Å². The smallest absolute Gasteiger partial charge is 0.224 e. The minimum atomic E-state index is -0.281. The van der Waals surface area contributed by atoms with Crippen molar-refractivity contribution in [1.29, 1.82) is 0 Å². The predicted octanol–water partition coefficient (Wildman–Crippen LogP) is 4.68. The van der Waals surface area contributed by atoms with E-state index < -0.39 is 0 Å². The number of amides is 1. The first-order valence-electron chi connectivity index (χ1n) is 11.2. The number of fused-ring (bicyclic) bond motifs is 1. The van der Waals surface area contributed by atoms with Crippen LogP contribution in [0.1, 0.15) is 44.6 Å². The zero-order valence-electron chi connectivity index (χ0n) is 18.1. The Morgan fingerprint density at radius 2 is 1.76 bits per heavy atom. The van der Waals surface area contributed by atoms with E-state index in [1.807, 2.05) is 4.57 Å². The van der Waals surface area contributed by atoms with Gasteiger partial charge < -0.3 is 21.5 Å². The molecule has 0 atom stereocenters. The highest BCUT2D eigenvalue weighted by Crippen LogP contribution is 2.40. The molecule has 5 rings (SSSR count). The molecule has 2 aliphatic carbocycles. The van der Waals surface area contributed by atoms with E-state index in [2.05, 4.69) is 15.6 Å². The Morgan fingerprint density at radius 3 is 2.38 bits per heavy atom. The Balaban J connectivity index is 1.52. The third-order valence-corrected chi connectivity index (χ3v) is 7.40. The van der Waals surface area contributed by atoms with Gasteiger partial charge in [-0.3, -0.25) is 9.36 Å². The molecule has 1 aromatic carbocycles. The van der Waals surface area contributed by atoms with Crippen molar-refractivity contribution in [3.05, 3.63) is 33.4 Å². The lowest BCUT2D eigenvalue weighted by molar-refractivity contribution is -0.122. The maximum atomic E-state index is 11.7. The summed E-state index contributed by atoms with van der Waals surface area (Å²) < 4.78 is 2.02. The van der Waals surface area contributed by atoms with Crippen LogP contribution < -0.4 is 16.4 Å². The Bertz CT molecular complexity index is 1210. The maximum Gasteiger partial charge on any atom is 0.224 e. The number of benzene rings is 1. The molecule has 0 aliphatic heterocycles. The average molecular weight is 525 g/mol. The number of rotatable bonds is 6. The molecule has 1 amide bonds. The summed E-state index contributed by atoms with van der Waals surface area (Å²) in [5.41, 5.74) is 7.29. The second-order valence-corrected chi connectivity index (χ2v) is 10.2. The molecule has 0 bridgehead atoms. The summed E-state index contributed by atoms with van der Waals surface area (Å²) in [5, 5.41) is 17.3. The van der Waals surface area contributed by atoms with Crippen LogP contribution in [0.25, 0.3) is 11.2 Å². The summed E-state index contributed by atoms with van der Waals surface area (Å²) in [6, 6.07) is 3.40. The Hall–Kier alpha value is -2.33. The molecule has 2 aliphatic rings. The van der Waals surface area contributed by atoms with Gasteiger partial charge in [-0.15, -0.1) is 0 Å². The standard InChI is InChI=1S/C22H24Cl3N7O2/c23-11-5-15(24)18(16(25)6-11)30-22-29-17-9-27-21(28-12-7-14(33)8-12)31-20(17)32(22)13-3-1-10(2-4-13)19(26)34/h5-6,9-10,12-14,33H,1-4,7-8H2,(H2,26,34)(H,29,30)(H,27,28,31)/t10-,12-,13-,14-. The van der Waals surface area contributed by atoms with Crippen LogP contribution >= 0.6 is 34.8 Å². The second kappa shape index (κ2) is 9.37. The van der Waals surface area contributed by atoms with Crippen molar-refractivity contribution in [2.24, 2.45) is 11.7 Å². The first kappa shape index (κ1) is 23.4. The van der Waals surface area contributed by atoms with Gasteiger partial charge in [0.25, 0.3) is 0 Å². The largest absolute Gasteiger partial charge is 0.393 e. The topological polar surface area (TPSA) is 131 Å². The van der Waals surface area contributed by atoms with Crippen LogP contribution in [-0.4, -0.2) is 42.7 Å². The van der Waals surface area contributed by atoms with Gasteiger partial charge in [0.1, 0.15) is 5.52 Å². The van der Waals surface area contributed by atoms with Crippen molar-refractivity contribution < 1.29 is 9.90 Å². The SMILES string of the molecule is NC(=O)[C@H]1CC[C@H](n2c(Nc3c(Cl)cc(Cl)cc3Cl)nc3cnc(N[C@H]4C[C@H](O)C4)nc32)CC1. The molecule has 12 heteroatoms. The number of carbonyl (C=O) groups excluding carboxylic acids is 1. The quantitative estimate of drug-likeness (QED) is 0.368. The van der Waals surface area contributed by atoms with Crippen molar-refractivity contribution in [3.8, 4) is 0 Å². The van der Waals surface area contributed by atoms with Crippen molar-refractivity contribution in [2.75, 3.05) is 10.6 Å². The molecule has 34 heavy (non-hydrogen) atoms. The molecule has 0 saturated heterocycles. The number of nitrogens with two attached hydrogens (primary N) is 1. The Morgan fingerprint density at radius 1 is 1.09 bits per heavy atom. The van der Waals surface area contributed by atoms with Gasteiger partial charge in [0.2, 0.25) is 17.8 Å². The molecule has 9 nitrogen and oxygen atoms in total. The highest BCUT2D eigenvalue weighted by Gasteiger charge is 2.31. The van der Waals surface area contributed by atoms with Crippen LogP contribution in [-0.2, 0) is 4.79 Å². The third-order valence-electron chi connectivity index (χ3n) is 6.59. The summed E-state index contributed by atoms with van der Waals surface area (Å²) >= 11 is 18.9. The minimum absolute atomic E-state index is 0.0428. The summed E-state index contributed by atoms with van der Waals surface area (Å²) in [5.74, 6) is 0.614. The lowest BCUT2D eigenvalue weighted by atomic mass is 9.85. The molecular weight excluding hydrogens is 501 g/mol. The fourth-order valence-electron chi connectivity index (χ4n) is 4.67. The molecule has 0 spiro atoms. The van der Waals surface area contributed by atoms with Crippen LogP contribution in [0.4, 0.5) is 17.6 Å². The number of nitrogens with zero attached hydrogens (tertiary/aromatic N) is 4. The number of hydrogen-bond donors (Lipinski definition) is 4. The first-order valence-corrected chi connectivity index (χ1v) is 12.3. The molecule has 0 unspecified atom stereocenters. The highest BCUT2D eigenvalue weighted by molar-refractivity contribution is 6.41. The van der Waals surface area contributed by atoms with Crippen molar-refractivity contribution in [1.82, 2.24) is 19.5 Å². The van der Waals surface area contributed by atoms with Crippen molar-refractivity contribution in [3.63, 3.8) is 0 Å². The number of aliphatic hydroxyl groups excluding tert-OH is 1. The van der Waals surface area contributed by atoms with Gasteiger partial charge in [0.15, 0.2) is 5.65 Å². The first-order chi connectivity index (χ1) is 16.3. The number of halogens is 3. The lowest BCUT2D eigenvalue weighted by Gasteiger charge is -2.32. The zero-order valence-corrected chi connectivity index (χ0v) is 20.4. The van der Waals surface area contributed by atoms with Crippen LogP contribution in [0.2, 0.25) is 15.1 Å². The Kier molecular flexibility index (Phi) is 6.45. The molecular formula is C22H24Cl3N7O2.